The average molecular weight is 391 g/mol. The lowest BCUT2D eigenvalue weighted by atomic mass is 9.96. The van der Waals surface area contributed by atoms with Crippen molar-refractivity contribution in [2.24, 2.45) is 0 Å². The van der Waals surface area contributed by atoms with Gasteiger partial charge in [-0.05, 0) is 17.2 Å². The molecule has 0 bridgehead atoms. The highest BCUT2D eigenvalue weighted by Crippen LogP contribution is 2.29. The smallest absolute Gasteiger partial charge is 0.251 e. The molecule has 29 heavy (non-hydrogen) atoms. The van der Waals surface area contributed by atoms with Crippen molar-refractivity contribution < 1.29 is 9.18 Å². The Morgan fingerprint density at radius 1 is 0.897 bits per heavy atom. The molecule has 0 N–H and O–H groups in total. The maximum atomic E-state index is 13.7. The number of nitrogens with zero attached hydrogens (tertiary/aromatic N) is 3. The summed E-state index contributed by atoms with van der Waals surface area (Å²) < 4.78 is 13.7. The fourth-order valence-corrected chi connectivity index (χ4v) is 4.17. The predicted octanol–water partition coefficient (Wildman–Crippen LogP) is 3.60. The largest absolute Gasteiger partial charge is 0.374 e. The van der Waals surface area contributed by atoms with Crippen molar-refractivity contribution >= 4 is 5.91 Å². The topological polar surface area (TPSA) is 26.8 Å². The molecular formula is C24H26FN3O. The number of carbonyl (C=O) groups is 1. The minimum Gasteiger partial charge on any atom is -0.374 e. The zero-order valence-electron chi connectivity index (χ0n) is 16.7. The third kappa shape index (κ3) is 4.40. The number of hydrogen-bond acceptors (Lipinski definition) is 3. The maximum Gasteiger partial charge on any atom is 0.251 e. The van der Waals surface area contributed by atoms with Crippen molar-refractivity contribution in [1.29, 1.82) is 0 Å². The molecule has 2 heterocycles. The maximum absolute atomic E-state index is 13.7. The lowest BCUT2D eigenvalue weighted by Crippen LogP contribution is -2.50. The van der Waals surface area contributed by atoms with E-state index in [2.05, 4.69) is 53.4 Å². The highest BCUT2D eigenvalue weighted by atomic mass is 19.1. The number of rotatable bonds is 4. The Balaban J connectivity index is 1.49. The van der Waals surface area contributed by atoms with Gasteiger partial charge in [0.2, 0.25) is 0 Å². The van der Waals surface area contributed by atoms with E-state index in [0.717, 1.165) is 13.1 Å². The van der Waals surface area contributed by atoms with Gasteiger partial charge in [-0.25, -0.2) is 4.39 Å². The van der Waals surface area contributed by atoms with Gasteiger partial charge in [-0.2, -0.15) is 0 Å². The van der Waals surface area contributed by atoms with Gasteiger partial charge in [-0.15, -0.1) is 0 Å². The number of hydrogen-bond donors (Lipinski definition) is 0. The molecule has 2 aliphatic heterocycles. The first kappa shape index (κ1) is 19.4. The Bertz CT molecular complexity index is 863. The van der Waals surface area contributed by atoms with Crippen molar-refractivity contribution in [2.75, 3.05) is 39.8 Å². The molecule has 1 amide bonds. The molecule has 0 spiro atoms. The molecule has 0 aliphatic carbocycles. The second kappa shape index (κ2) is 8.62. The summed E-state index contributed by atoms with van der Waals surface area (Å²) in [7, 11) is 1.78. The molecule has 2 aromatic rings. The van der Waals surface area contributed by atoms with Gasteiger partial charge in [0.1, 0.15) is 5.83 Å². The zero-order chi connectivity index (χ0) is 20.2. The van der Waals surface area contributed by atoms with E-state index in [1.54, 1.807) is 11.9 Å². The first-order chi connectivity index (χ1) is 14.1. The number of allylic oxidation sites excluding steroid dienone is 2. The quantitative estimate of drug-likeness (QED) is 0.797. The van der Waals surface area contributed by atoms with Gasteiger partial charge in [-0.3, -0.25) is 9.69 Å². The van der Waals surface area contributed by atoms with Crippen molar-refractivity contribution in [3.8, 4) is 0 Å². The van der Waals surface area contributed by atoms with Gasteiger partial charge in [0.05, 0.1) is 6.04 Å². The normalized spacial score (nSPS) is 17.9. The third-order valence-corrected chi connectivity index (χ3v) is 5.55. The van der Waals surface area contributed by atoms with Crippen molar-refractivity contribution in [3.63, 3.8) is 0 Å². The van der Waals surface area contributed by atoms with Crippen LogP contribution >= 0.6 is 0 Å². The first-order valence-electron chi connectivity index (χ1n) is 10.0. The standard InChI is InChI=1S/C24H26FN3O/c1-26-17-21(16-22(25)18-26)24(29)28-14-12-27(13-15-28)23(19-8-4-2-5-9-19)20-10-6-3-7-11-20/h2-11,16,18,23H,12-15,17H2,1H3. The Morgan fingerprint density at radius 2 is 1.45 bits per heavy atom. The zero-order valence-corrected chi connectivity index (χ0v) is 16.7. The average Bonchev–Trinajstić information content (AvgIpc) is 2.75. The van der Waals surface area contributed by atoms with Crippen LogP contribution in [0.4, 0.5) is 4.39 Å². The van der Waals surface area contributed by atoms with E-state index in [9.17, 15) is 9.18 Å². The summed E-state index contributed by atoms with van der Waals surface area (Å²) in [5.74, 6) is -0.426. The lowest BCUT2D eigenvalue weighted by Gasteiger charge is -2.40. The molecule has 1 fully saturated rings. The summed E-state index contributed by atoms with van der Waals surface area (Å²) in [6.45, 7) is 3.29. The summed E-state index contributed by atoms with van der Waals surface area (Å²) in [4.78, 5) is 18.9. The molecule has 0 aromatic heterocycles. The van der Waals surface area contributed by atoms with Gasteiger partial charge in [0.15, 0.2) is 0 Å². The van der Waals surface area contributed by atoms with E-state index in [-0.39, 0.29) is 17.8 Å². The van der Waals surface area contributed by atoms with Crippen molar-refractivity contribution in [3.05, 3.63) is 95.5 Å². The van der Waals surface area contributed by atoms with E-state index in [0.29, 0.717) is 25.2 Å². The first-order valence-corrected chi connectivity index (χ1v) is 10.0. The van der Waals surface area contributed by atoms with Crippen LogP contribution < -0.4 is 0 Å². The molecule has 150 valence electrons. The Morgan fingerprint density at radius 3 is 1.97 bits per heavy atom. The van der Waals surface area contributed by atoms with Crippen LogP contribution in [-0.4, -0.2) is 60.4 Å². The molecule has 0 atom stereocenters. The number of halogens is 1. The van der Waals surface area contributed by atoms with Crippen LogP contribution in [0.25, 0.3) is 0 Å². The molecule has 5 heteroatoms. The lowest BCUT2D eigenvalue weighted by molar-refractivity contribution is -0.129. The molecule has 4 rings (SSSR count). The minimum atomic E-state index is -0.367. The van der Waals surface area contributed by atoms with Crippen molar-refractivity contribution in [1.82, 2.24) is 14.7 Å². The van der Waals surface area contributed by atoms with E-state index in [1.807, 2.05) is 17.0 Å². The van der Waals surface area contributed by atoms with Crippen LogP contribution in [0.5, 0.6) is 0 Å². The van der Waals surface area contributed by atoms with Gasteiger partial charge >= 0.3 is 0 Å². The summed E-state index contributed by atoms with van der Waals surface area (Å²) in [6.07, 6.45) is 2.78. The van der Waals surface area contributed by atoms with Crippen LogP contribution in [0.1, 0.15) is 17.2 Å². The molecule has 2 aromatic carbocycles. The molecule has 2 aliphatic rings. The van der Waals surface area contributed by atoms with Crippen LogP contribution in [0.2, 0.25) is 0 Å². The number of likely N-dealkylation sites (N-methyl/N-ethyl adjacent to an activating group) is 1. The molecule has 0 unspecified atom stereocenters. The Kier molecular flexibility index (Phi) is 5.76. The predicted molar refractivity (Wildman–Crippen MR) is 113 cm³/mol. The van der Waals surface area contributed by atoms with E-state index >= 15 is 0 Å². The molecular weight excluding hydrogens is 365 g/mol. The molecule has 1 saturated heterocycles. The number of carbonyl (C=O) groups excluding carboxylic acids is 1. The fraction of sp³-hybridized carbons (Fsp3) is 0.292. The highest BCUT2D eigenvalue weighted by molar-refractivity contribution is 5.94. The van der Waals surface area contributed by atoms with E-state index < -0.39 is 0 Å². The van der Waals surface area contributed by atoms with Crippen LogP contribution in [0, 0.1) is 0 Å². The number of amides is 1. The van der Waals surface area contributed by atoms with Gasteiger partial charge in [0, 0.05) is 51.5 Å². The molecule has 0 saturated carbocycles. The summed E-state index contributed by atoms with van der Waals surface area (Å²) in [6, 6.07) is 21.1. The summed E-state index contributed by atoms with van der Waals surface area (Å²) in [5, 5.41) is 0. The summed E-state index contributed by atoms with van der Waals surface area (Å²) in [5.41, 5.74) is 3.02. The minimum absolute atomic E-state index is 0.0595. The van der Waals surface area contributed by atoms with Gasteiger partial charge in [0.25, 0.3) is 5.91 Å². The monoisotopic (exact) mass is 391 g/mol. The Hall–Kier alpha value is -2.92. The Labute approximate surface area is 171 Å². The second-order valence-corrected chi connectivity index (χ2v) is 7.65. The van der Waals surface area contributed by atoms with Crippen molar-refractivity contribution in [2.45, 2.75) is 6.04 Å². The summed E-state index contributed by atoms with van der Waals surface area (Å²) >= 11 is 0. The second-order valence-electron chi connectivity index (χ2n) is 7.65. The fourth-order valence-electron chi connectivity index (χ4n) is 4.17. The van der Waals surface area contributed by atoms with Crippen LogP contribution in [0.3, 0.4) is 0 Å². The molecule has 0 radical (unpaired) electrons. The van der Waals surface area contributed by atoms with Crippen LogP contribution in [0.15, 0.2) is 84.3 Å². The van der Waals surface area contributed by atoms with Gasteiger partial charge < -0.3 is 9.80 Å². The third-order valence-electron chi connectivity index (χ3n) is 5.55. The van der Waals surface area contributed by atoms with E-state index in [1.165, 1.54) is 23.4 Å². The van der Waals surface area contributed by atoms with Gasteiger partial charge in [-0.1, -0.05) is 60.7 Å². The number of piperazine rings is 1. The molecule has 4 nitrogen and oxygen atoms in total. The number of benzene rings is 2. The SMILES string of the molecule is CN1C=C(F)C=C(C(=O)N2CCN(C(c3ccccc3)c3ccccc3)CC2)C1. The van der Waals surface area contributed by atoms with E-state index in [4.69, 9.17) is 0 Å². The highest BCUT2D eigenvalue weighted by Gasteiger charge is 2.29. The van der Waals surface area contributed by atoms with Crippen LogP contribution in [-0.2, 0) is 4.79 Å².